The van der Waals surface area contributed by atoms with Crippen molar-refractivity contribution in [3.8, 4) is 6.07 Å². The van der Waals surface area contributed by atoms with Gasteiger partial charge in [-0.15, -0.1) is 0 Å². The van der Waals surface area contributed by atoms with E-state index in [9.17, 15) is 23.2 Å². The van der Waals surface area contributed by atoms with Gasteiger partial charge in [0.15, 0.2) is 0 Å². The van der Waals surface area contributed by atoms with Crippen molar-refractivity contribution in [3.63, 3.8) is 0 Å². The number of fused-ring (bicyclic) bond motifs is 1. The molecule has 3 heterocycles. The van der Waals surface area contributed by atoms with Crippen molar-refractivity contribution in [2.75, 3.05) is 36.5 Å². The van der Waals surface area contributed by atoms with E-state index in [2.05, 4.69) is 22.0 Å². The molecule has 3 atom stereocenters. The number of anilines is 2. The number of nitrogens with zero attached hydrogens (tertiary/aromatic N) is 5. The van der Waals surface area contributed by atoms with Crippen LogP contribution in [0.5, 0.6) is 0 Å². The van der Waals surface area contributed by atoms with Gasteiger partial charge in [-0.1, -0.05) is 42.5 Å². The summed E-state index contributed by atoms with van der Waals surface area (Å²) in [6.45, 7) is 5.81. The number of carbonyl (C=O) groups excluding carboxylic acids is 1. The number of rotatable bonds is 5. The first kappa shape index (κ1) is 26.7. The quantitative estimate of drug-likeness (QED) is 0.452. The summed E-state index contributed by atoms with van der Waals surface area (Å²) in [7, 11) is 1.69. The number of alkyl halides is 3. The first-order chi connectivity index (χ1) is 18.6. The number of benzene rings is 2. The molecule has 2 fully saturated rings. The van der Waals surface area contributed by atoms with Gasteiger partial charge in [0.05, 0.1) is 5.56 Å². The SMILES string of the molecule is Cc1cccc(N(C)C(=O)[C@@H]2[C@@H]3CN(Cc4ccccc4)C[C@@H]3CN2c2nc(C)cc(C(F)(F)F)c2C#N)c1. The van der Waals surface area contributed by atoms with Gasteiger partial charge < -0.3 is 9.80 Å². The van der Waals surface area contributed by atoms with E-state index in [1.807, 2.05) is 49.4 Å². The number of halogens is 3. The molecule has 6 nitrogen and oxygen atoms in total. The summed E-state index contributed by atoms with van der Waals surface area (Å²) in [6.07, 6.45) is -4.71. The molecule has 2 aliphatic rings. The van der Waals surface area contributed by atoms with Crippen LogP contribution in [-0.2, 0) is 17.5 Å². The molecule has 202 valence electrons. The fourth-order valence-corrected chi connectivity index (χ4v) is 6.00. The number of likely N-dealkylation sites (tertiary alicyclic amines) is 1. The van der Waals surface area contributed by atoms with Gasteiger partial charge in [0.2, 0.25) is 5.91 Å². The van der Waals surface area contributed by atoms with Crippen LogP contribution in [0.2, 0.25) is 0 Å². The van der Waals surface area contributed by atoms with Crippen molar-refractivity contribution in [3.05, 3.63) is 88.6 Å². The summed E-state index contributed by atoms with van der Waals surface area (Å²) in [5.41, 5.74) is 1.45. The molecule has 2 aromatic carbocycles. The number of aromatic nitrogens is 1. The third kappa shape index (κ3) is 5.21. The Morgan fingerprint density at radius 2 is 1.82 bits per heavy atom. The lowest BCUT2D eigenvalue weighted by Gasteiger charge is -2.33. The molecule has 1 aromatic heterocycles. The number of aryl methyl sites for hydroxylation is 2. The fourth-order valence-electron chi connectivity index (χ4n) is 6.00. The third-order valence-corrected chi connectivity index (χ3v) is 7.78. The van der Waals surface area contributed by atoms with E-state index in [0.717, 1.165) is 23.7 Å². The van der Waals surface area contributed by atoms with Gasteiger partial charge in [-0.2, -0.15) is 18.4 Å². The van der Waals surface area contributed by atoms with E-state index in [-0.39, 0.29) is 29.3 Å². The third-order valence-electron chi connectivity index (χ3n) is 7.78. The fraction of sp³-hybridized carbons (Fsp3) is 0.367. The lowest BCUT2D eigenvalue weighted by atomic mass is 9.93. The molecule has 0 N–H and O–H groups in total. The van der Waals surface area contributed by atoms with Gasteiger partial charge in [-0.25, -0.2) is 4.98 Å². The highest BCUT2D eigenvalue weighted by molar-refractivity contribution is 5.99. The van der Waals surface area contributed by atoms with Crippen LogP contribution in [0.4, 0.5) is 24.7 Å². The van der Waals surface area contributed by atoms with Gasteiger partial charge in [0.25, 0.3) is 0 Å². The molecule has 0 bridgehead atoms. The molecule has 0 spiro atoms. The van der Waals surface area contributed by atoms with Gasteiger partial charge in [-0.05, 0) is 49.1 Å². The molecular weight excluding hydrogens is 503 g/mol. The van der Waals surface area contributed by atoms with E-state index in [1.165, 1.54) is 6.92 Å². The Balaban J connectivity index is 1.54. The average Bonchev–Trinajstić information content (AvgIpc) is 3.44. The Bertz CT molecular complexity index is 1420. The monoisotopic (exact) mass is 533 g/mol. The smallest absolute Gasteiger partial charge is 0.343 e. The molecule has 0 unspecified atom stereocenters. The van der Waals surface area contributed by atoms with Crippen molar-refractivity contribution in [2.45, 2.75) is 32.6 Å². The van der Waals surface area contributed by atoms with E-state index in [0.29, 0.717) is 25.3 Å². The Morgan fingerprint density at radius 3 is 2.49 bits per heavy atom. The zero-order valence-corrected chi connectivity index (χ0v) is 22.1. The van der Waals surface area contributed by atoms with Crippen molar-refractivity contribution >= 4 is 17.4 Å². The second-order valence-electron chi connectivity index (χ2n) is 10.6. The van der Waals surface area contributed by atoms with Crippen LogP contribution in [0.15, 0.2) is 60.7 Å². The zero-order chi connectivity index (χ0) is 27.9. The number of carbonyl (C=O) groups is 1. The number of nitriles is 1. The Morgan fingerprint density at radius 1 is 1.08 bits per heavy atom. The highest BCUT2D eigenvalue weighted by atomic mass is 19.4. The topological polar surface area (TPSA) is 63.5 Å². The Kier molecular flexibility index (Phi) is 7.08. The molecule has 0 radical (unpaired) electrons. The molecule has 39 heavy (non-hydrogen) atoms. The summed E-state index contributed by atoms with van der Waals surface area (Å²) in [6, 6.07) is 19.5. The first-order valence-electron chi connectivity index (χ1n) is 12.9. The van der Waals surface area contributed by atoms with Gasteiger partial charge in [-0.3, -0.25) is 9.69 Å². The van der Waals surface area contributed by atoms with E-state index < -0.39 is 23.3 Å². The highest BCUT2D eigenvalue weighted by Gasteiger charge is 2.52. The molecule has 2 aliphatic heterocycles. The number of amides is 1. The maximum atomic E-state index is 14.1. The number of pyridine rings is 1. The van der Waals surface area contributed by atoms with Crippen molar-refractivity contribution < 1.29 is 18.0 Å². The largest absolute Gasteiger partial charge is 0.417 e. The molecule has 2 saturated heterocycles. The predicted molar refractivity (Wildman–Crippen MR) is 143 cm³/mol. The van der Waals surface area contributed by atoms with Crippen LogP contribution in [-0.4, -0.2) is 48.5 Å². The Hall–Kier alpha value is -3.90. The summed E-state index contributed by atoms with van der Waals surface area (Å²) >= 11 is 0. The van der Waals surface area contributed by atoms with Gasteiger partial charge in [0.1, 0.15) is 23.5 Å². The summed E-state index contributed by atoms with van der Waals surface area (Å²) in [5.74, 6) is -0.381. The second-order valence-corrected chi connectivity index (χ2v) is 10.6. The van der Waals surface area contributed by atoms with Crippen molar-refractivity contribution in [1.29, 1.82) is 5.26 Å². The number of hydrogen-bond donors (Lipinski definition) is 0. The summed E-state index contributed by atoms with van der Waals surface area (Å²) < 4.78 is 41.8. The molecule has 9 heteroatoms. The molecule has 0 aliphatic carbocycles. The van der Waals surface area contributed by atoms with Crippen LogP contribution < -0.4 is 9.80 Å². The minimum absolute atomic E-state index is 0.0387. The molecule has 3 aromatic rings. The number of likely N-dealkylation sites (N-methyl/N-ethyl adjacent to an activating group) is 1. The van der Waals surface area contributed by atoms with Crippen LogP contribution in [0.1, 0.15) is 27.9 Å². The zero-order valence-electron chi connectivity index (χ0n) is 22.1. The van der Waals surface area contributed by atoms with Crippen LogP contribution in [0.25, 0.3) is 0 Å². The molecule has 1 amide bonds. The normalized spacial score (nSPS) is 21.1. The van der Waals surface area contributed by atoms with E-state index in [4.69, 9.17) is 0 Å². The minimum atomic E-state index is -4.71. The lowest BCUT2D eigenvalue weighted by Crippen LogP contribution is -2.49. The van der Waals surface area contributed by atoms with Crippen molar-refractivity contribution in [2.24, 2.45) is 11.8 Å². The second kappa shape index (κ2) is 10.3. The highest BCUT2D eigenvalue weighted by Crippen LogP contribution is 2.43. The lowest BCUT2D eigenvalue weighted by molar-refractivity contribution is -0.137. The van der Waals surface area contributed by atoms with Crippen LogP contribution in [0, 0.1) is 37.0 Å². The van der Waals surface area contributed by atoms with Crippen molar-refractivity contribution in [1.82, 2.24) is 9.88 Å². The van der Waals surface area contributed by atoms with Crippen LogP contribution >= 0.6 is 0 Å². The average molecular weight is 534 g/mol. The maximum absolute atomic E-state index is 14.1. The molecule has 5 rings (SSSR count). The maximum Gasteiger partial charge on any atom is 0.417 e. The Labute approximate surface area is 226 Å². The molecular formula is C30H30F3N5O. The first-order valence-corrected chi connectivity index (χ1v) is 12.9. The predicted octanol–water partition coefficient (Wildman–Crippen LogP) is 5.19. The molecule has 0 saturated carbocycles. The number of hydrogen-bond acceptors (Lipinski definition) is 5. The standard InChI is InChI=1S/C30H30F3N5O/c1-19-8-7-11-23(12-19)36(3)29(39)27-25-18-37(15-21-9-5-4-6-10-21)16-22(25)17-38(27)28-24(14-34)26(30(31,32)33)13-20(2)35-28/h4-13,22,25,27H,15-18H2,1-3H3/t22-,25-,27+/m1/s1. The van der Waals surface area contributed by atoms with Gasteiger partial charge in [0, 0.05) is 50.5 Å². The van der Waals surface area contributed by atoms with E-state index in [1.54, 1.807) is 22.9 Å². The van der Waals surface area contributed by atoms with Gasteiger partial charge >= 0.3 is 6.18 Å². The van der Waals surface area contributed by atoms with Crippen LogP contribution in [0.3, 0.4) is 0 Å². The van der Waals surface area contributed by atoms with E-state index >= 15 is 0 Å². The summed E-state index contributed by atoms with van der Waals surface area (Å²) in [5, 5.41) is 9.85. The summed E-state index contributed by atoms with van der Waals surface area (Å²) in [4.78, 5) is 24.1. The minimum Gasteiger partial charge on any atom is -0.343 e.